The highest BCUT2D eigenvalue weighted by molar-refractivity contribution is 5.22. The summed E-state index contributed by atoms with van der Waals surface area (Å²) < 4.78 is 2.15. The number of hydrogen-bond acceptors (Lipinski definition) is 4. The van der Waals surface area contributed by atoms with E-state index in [2.05, 4.69) is 50.2 Å². The Morgan fingerprint density at radius 1 is 1.04 bits per heavy atom. The van der Waals surface area contributed by atoms with Gasteiger partial charge in [-0.2, -0.15) is 10.2 Å². The van der Waals surface area contributed by atoms with Crippen LogP contribution in [0, 0.1) is 11.8 Å². The van der Waals surface area contributed by atoms with Crippen molar-refractivity contribution in [2.75, 3.05) is 0 Å². The van der Waals surface area contributed by atoms with E-state index < -0.39 is 0 Å². The van der Waals surface area contributed by atoms with Crippen LogP contribution in [-0.2, 0) is 23.8 Å². The summed E-state index contributed by atoms with van der Waals surface area (Å²) in [6, 6.07) is 10.6. The lowest BCUT2D eigenvalue weighted by atomic mass is 9.46. The maximum absolute atomic E-state index is 5.02. The third kappa shape index (κ3) is 2.54. The molecule has 4 aliphatic rings. The summed E-state index contributed by atoms with van der Waals surface area (Å²) in [6.07, 6.45) is 12.9. The average molecular weight is 374 g/mol. The third-order valence-corrected chi connectivity index (χ3v) is 7.43. The van der Waals surface area contributed by atoms with Gasteiger partial charge in [-0.05, 0) is 62.3 Å². The normalized spacial score (nSPS) is 33.4. The number of aromatic amines is 1. The predicted molar refractivity (Wildman–Crippen MR) is 105 cm³/mol. The molecule has 2 heterocycles. The molecule has 4 fully saturated rings. The van der Waals surface area contributed by atoms with Crippen molar-refractivity contribution in [2.45, 2.75) is 62.3 Å². The molecule has 2 atom stereocenters. The van der Waals surface area contributed by atoms with E-state index >= 15 is 0 Å². The number of nitrogens with one attached hydrogen (secondary N) is 1. The maximum Gasteiger partial charge on any atom is 0.156 e. The minimum absolute atomic E-state index is 0.109. The molecule has 6 nitrogen and oxygen atoms in total. The van der Waals surface area contributed by atoms with Crippen LogP contribution in [0.2, 0.25) is 0 Å². The molecule has 4 bridgehead atoms. The average Bonchev–Trinajstić information content (AvgIpc) is 3.39. The highest BCUT2D eigenvalue weighted by Crippen LogP contribution is 2.64. The summed E-state index contributed by atoms with van der Waals surface area (Å²) >= 11 is 0. The number of hydrogen-bond donors (Lipinski definition) is 1. The first-order valence-electron chi connectivity index (χ1n) is 10.5. The second kappa shape index (κ2) is 6.00. The number of H-pyrrole nitrogens is 1. The van der Waals surface area contributed by atoms with E-state index in [0.717, 1.165) is 42.7 Å². The molecule has 6 heteroatoms. The van der Waals surface area contributed by atoms with Crippen LogP contribution < -0.4 is 0 Å². The Bertz CT molecular complexity index is 946. The Morgan fingerprint density at radius 2 is 1.86 bits per heavy atom. The van der Waals surface area contributed by atoms with E-state index in [4.69, 9.17) is 10.1 Å². The van der Waals surface area contributed by atoms with E-state index in [-0.39, 0.29) is 11.0 Å². The van der Waals surface area contributed by atoms with Gasteiger partial charge in [-0.15, -0.1) is 0 Å². The molecular formula is C22H26N6. The molecule has 3 aromatic rings. The Balaban J connectivity index is 1.28. The molecule has 0 amide bonds. The second-order valence-corrected chi connectivity index (χ2v) is 9.40. The van der Waals surface area contributed by atoms with Crippen LogP contribution in [0.1, 0.15) is 55.7 Å². The summed E-state index contributed by atoms with van der Waals surface area (Å²) in [6.45, 7) is 0. The van der Waals surface area contributed by atoms with Gasteiger partial charge in [0.25, 0.3) is 0 Å². The Labute approximate surface area is 164 Å². The lowest BCUT2D eigenvalue weighted by molar-refractivity contribution is -0.0715. The van der Waals surface area contributed by atoms with Crippen molar-refractivity contribution in [2.24, 2.45) is 11.8 Å². The van der Waals surface area contributed by atoms with E-state index in [0.29, 0.717) is 0 Å². The van der Waals surface area contributed by atoms with Crippen LogP contribution in [0.5, 0.6) is 0 Å². The van der Waals surface area contributed by atoms with Gasteiger partial charge < -0.3 is 0 Å². The maximum atomic E-state index is 5.02. The molecule has 0 spiro atoms. The van der Waals surface area contributed by atoms with Gasteiger partial charge in [-0.3, -0.25) is 5.10 Å². The van der Waals surface area contributed by atoms with Gasteiger partial charge in [0.1, 0.15) is 18.5 Å². The largest absolute Gasteiger partial charge is 0.263 e. The monoisotopic (exact) mass is 374 g/mol. The van der Waals surface area contributed by atoms with Gasteiger partial charge in [-0.1, -0.05) is 30.3 Å². The Hall–Kier alpha value is -2.50. The first-order chi connectivity index (χ1) is 13.7. The number of nitrogens with zero attached hydrogens (tertiary/aromatic N) is 5. The van der Waals surface area contributed by atoms with Crippen LogP contribution in [0.3, 0.4) is 0 Å². The minimum Gasteiger partial charge on any atom is -0.263 e. The van der Waals surface area contributed by atoms with Crippen molar-refractivity contribution in [3.05, 3.63) is 60.2 Å². The molecule has 0 radical (unpaired) electrons. The summed E-state index contributed by atoms with van der Waals surface area (Å²) in [5.74, 6) is 3.59. The molecular weight excluding hydrogens is 348 g/mol. The fraction of sp³-hybridized carbons (Fsp3) is 0.545. The predicted octanol–water partition coefficient (Wildman–Crippen LogP) is 3.43. The fourth-order valence-electron chi connectivity index (χ4n) is 6.75. The van der Waals surface area contributed by atoms with Gasteiger partial charge in [-0.25, -0.2) is 14.6 Å². The van der Waals surface area contributed by atoms with Crippen molar-refractivity contribution >= 4 is 0 Å². The molecule has 0 saturated heterocycles. The van der Waals surface area contributed by atoms with E-state index in [1.165, 1.54) is 37.7 Å². The van der Waals surface area contributed by atoms with E-state index in [9.17, 15) is 0 Å². The molecule has 1 N–H and O–H groups in total. The molecule has 2 aromatic heterocycles. The molecule has 144 valence electrons. The standard InChI is InChI=1S/C22H26N6/c1-2-4-16(5-3-1)6-7-19-25-20(27-26-19)21-9-17-8-18(10-21)12-22(11-17,13-21)28-15-23-14-24-28/h1-5,14-15,17-18H,6-13H2,(H,25,26,27). The van der Waals surface area contributed by atoms with Gasteiger partial charge in [0.05, 0.1) is 5.54 Å². The van der Waals surface area contributed by atoms with Crippen molar-refractivity contribution in [1.82, 2.24) is 29.9 Å². The van der Waals surface area contributed by atoms with Crippen molar-refractivity contribution < 1.29 is 0 Å². The summed E-state index contributed by atoms with van der Waals surface area (Å²) in [7, 11) is 0. The lowest BCUT2D eigenvalue weighted by Crippen LogP contribution is -2.58. The van der Waals surface area contributed by atoms with E-state index in [1.807, 2.05) is 6.33 Å². The summed E-state index contributed by atoms with van der Waals surface area (Å²) in [5.41, 5.74) is 1.57. The molecule has 0 aliphatic heterocycles. The van der Waals surface area contributed by atoms with Crippen molar-refractivity contribution in [3.63, 3.8) is 0 Å². The van der Waals surface area contributed by atoms with Gasteiger partial charge >= 0.3 is 0 Å². The minimum atomic E-state index is 0.109. The van der Waals surface area contributed by atoms with Gasteiger partial charge in [0.2, 0.25) is 0 Å². The third-order valence-electron chi connectivity index (χ3n) is 7.43. The second-order valence-electron chi connectivity index (χ2n) is 9.40. The quantitative estimate of drug-likeness (QED) is 0.743. The number of aromatic nitrogens is 6. The number of benzene rings is 1. The van der Waals surface area contributed by atoms with Crippen LogP contribution in [0.4, 0.5) is 0 Å². The van der Waals surface area contributed by atoms with Crippen LogP contribution in [0.15, 0.2) is 43.0 Å². The van der Waals surface area contributed by atoms with Crippen LogP contribution in [-0.4, -0.2) is 29.9 Å². The number of aryl methyl sites for hydroxylation is 2. The zero-order chi connectivity index (χ0) is 18.6. The molecule has 28 heavy (non-hydrogen) atoms. The highest BCUT2D eigenvalue weighted by Gasteiger charge is 2.60. The number of rotatable bonds is 5. The summed E-state index contributed by atoms with van der Waals surface area (Å²) in [5, 5.41) is 12.6. The topological polar surface area (TPSA) is 72.3 Å². The Kier molecular flexibility index (Phi) is 3.52. The first-order valence-corrected chi connectivity index (χ1v) is 10.5. The van der Waals surface area contributed by atoms with E-state index in [1.54, 1.807) is 6.33 Å². The van der Waals surface area contributed by atoms with Crippen molar-refractivity contribution in [3.8, 4) is 0 Å². The molecule has 4 aliphatic carbocycles. The zero-order valence-electron chi connectivity index (χ0n) is 16.1. The summed E-state index contributed by atoms with van der Waals surface area (Å²) in [4.78, 5) is 9.26. The zero-order valence-corrected chi connectivity index (χ0v) is 16.1. The molecule has 2 unspecified atom stereocenters. The van der Waals surface area contributed by atoms with Crippen molar-refractivity contribution in [1.29, 1.82) is 0 Å². The first kappa shape index (κ1) is 16.5. The SMILES string of the molecule is c1ccc(CCc2nc(C34CC5CC(C3)CC(n3cncn3)(C5)C4)n[nH]2)cc1. The smallest absolute Gasteiger partial charge is 0.156 e. The Morgan fingerprint density at radius 3 is 2.61 bits per heavy atom. The molecule has 4 saturated carbocycles. The highest BCUT2D eigenvalue weighted by atomic mass is 15.4. The molecule has 7 rings (SSSR count). The van der Waals surface area contributed by atoms with Gasteiger partial charge in [0, 0.05) is 11.8 Å². The lowest BCUT2D eigenvalue weighted by Gasteiger charge is -2.60. The van der Waals surface area contributed by atoms with Crippen LogP contribution in [0.25, 0.3) is 0 Å². The van der Waals surface area contributed by atoms with Gasteiger partial charge in [0.15, 0.2) is 5.82 Å². The fourth-order valence-corrected chi connectivity index (χ4v) is 6.75. The van der Waals surface area contributed by atoms with Crippen LogP contribution >= 0.6 is 0 Å². The molecule has 1 aromatic carbocycles.